The summed E-state index contributed by atoms with van der Waals surface area (Å²) in [5, 5.41) is 3.38. The number of rotatable bonds is 7. The molecule has 4 rings (SSSR count). The summed E-state index contributed by atoms with van der Waals surface area (Å²) in [7, 11) is 0. The zero-order valence-corrected chi connectivity index (χ0v) is 16.6. The molecule has 0 radical (unpaired) electrons. The van der Waals surface area contributed by atoms with Crippen LogP contribution < -0.4 is 14.8 Å². The molecule has 1 saturated carbocycles. The van der Waals surface area contributed by atoms with Gasteiger partial charge in [0, 0.05) is 0 Å². The van der Waals surface area contributed by atoms with Crippen molar-refractivity contribution in [3.05, 3.63) is 58.6 Å². The molecule has 0 bridgehead atoms. The molecule has 0 aromatic heterocycles. The van der Waals surface area contributed by atoms with E-state index in [9.17, 15) is 9.59 Å². The van der Waals surface area contributed by atoms with E-state index in [1.165, 1.54) is 0 Å². The first kappa shape index (κ1) is 19.6. The average Bonchev–Trinajstić information content (AvgIpc) is 3.56. The molecular formula is C22H22ClNO5. The van der Waals surface area contributed by atoms with E-state index >= 15 is 0 Å². The summed E-state index contributed by atoms with van der Waals surface area (Å²) in [4.78, 5) is 24.5. The fraction of sp³-hybridized carbons (Fsp3) is 0.364. The maximum atomic E-state index is 12.3. The molecule has 1 atom stereocenters. The predicted octanol–water partition coefficient (Wildman–Crippen LogP) is 3.46. The van der Waals surface area contributed by atoms with Crippen molar-refractivity contribution >= 4 is 23.5 Å². The van der Waals surface area contributed by atoms with Crippen LogP contribution in [0.5, 0.6) is 11.5 Å². The first-order chi connectivity index (χ1) is 14.1. The van der Waals surface area contributed by atoms with Gasteiger partial charge in [-0.05, 0) is 42.0 Å². The van der Waals surface area contributed by atoms with Gasteiger partial charge in [-0.1, -0.05) is 41.9 Å². The number of fused-ring (bicyclic) bond motifs is 1. The van der Waals surface area contributed by atoms with E-state index in [4.69, 9.17) is 25.8 Å². The highest BCUT2D eigenvalue weighted by Gasteiger charge is 2.33. The highest BCUT2D eigenvalue weighted by Crippen LogP contribution is 2.41. The number of carbonyl (C=O) groups is 2. The number of nitrogens with one attached hydrogen (secondary N) is 1. The van der Waals surface area contributed by atoms with E-state index in [-0.39, 0.29) is 25.0 Å². The molecule has 29 heavy (non-hydrogen) atoms. The Labute approximate surface area is 174 Å². The van der Waals surface area contributed by atoms with Gasteiger partial charge in [-0.25, -0.2) is 0 Å². The Bertz CT molecular complexity index is 898. The summed E-state index contributed by atoms with van der Waals surface area (Å²) >= 11 is 6.19. The van der Waals surface area contributed by atoms with Gasteiger partial charge in [0.05, 0.1) is 17.5 Å². The Morgan fingerprint density at radius 2 is 1.90 bits per heavy atom. The van der Waals surface area contributed by atoms with Crippen LogP contribution in [-0.2, 0) is 20.7 Å². The minimum atomic E-state index is -0.504. The molecule has 1 amide bonds. The summed E-state index contributed by atoms with van der Waals surface area (Å²) in [6.45, 7) is 0.558. The van der Waals surface area contributed by atoms with Crippen molar-refractivity contribution in [2.24, 2.45) is 5.92 Å². The van der Waals surface area contributed by atoms with E-state index in [0.717, 1.165) is 18.4 Å². The van der Waals surface area contributed by atoms with Crippen LogP contribution in [0.15, 0.2) is 42.5 Å². The van der Waals surface area contributed by atoms with Crippen LogP contribution in [0, 0.1) is 5.92 Å². The van der Waals surface area contributed by atoms with Crippen molar-refractivity contribution in [2.75, 3.05) is 19.8 Å². The van der Waals surface area contributed by atoms with Gasteiger partial charge >= 0.3 is 5.97 Å². The summed E-state index contributed by atoms with van der Waals surface area (Å²) in [6.07, 6.45) is 2.17. The van der Waals surface area contributed by atoms with Crippen molar-refractivity contribution in [3.63, 3.8) is 0 Å². The highest BCUT2D eigenvalue weighted by atomic mass is 35.5. The largest absolute Gasteiger partial charge is 0.486 e. The molecule has 0 spiro atoms. The normalized spacial score (nSPS) is 16.0. The lowest BCUT2D eigenvalue weighted by atomic mass is 10.0. The van der Waals surface area contributed by atoms with Crippen LogP contribution in [0.4, 0.5) is 0 Å². The fourth-order valence-electron chi connectivity index (χ4n) is 3.41. The Kier molecular flexibility index (Phi) is 5.90. The Balaban J connectivity index is 1.30. The molecule has 2 aromatic rings. The van der Waals surface area contributed by atoms with Crippen LogP contribution in [0.3, 0.4) is 0 Å². The van der Waals surface area contributed by atoms with Gasteiger partial charge in [-0.3, -0.25) is 9.59 Å². The van der Waals surface area contributed by atoms with Crippen LogP contribution in [0.1, 0.15) is 30.0 Å². The topological polar surface area (TPSA) is 73.9 Å². The molecule has 1 N–H and O–H groups in total. The van der Waals surface area contributed by atoms with Crippen LogP contribution >= 0.6 is 11.6 Å². The maximum absolute atomic E-state index is 12.3. The molecule has 0 saturated heterocycles. The molecule has 2 aromatic carbocycles. The Morgan fingerprint density at radius 1 is 1.14 bits per heavy atom. The van der Waals surface area contributed by atoms with E-state index in [2.05, 4.69) is 5.32 Å². The summed E-state index contributed by atoms with van der Waals surface area (Å²) in [5.41, 5.74) is 1.71. The number of amides is 1. The second kappa shape index (κ2) is 8.74. The third-order valence-electron chi connectivity index (χ3n) is 4.94. The van der Waals surface area contributed by atoms with Crippen molar-refractivity contribution in [1.82, 2.24) is 5.32 Å². The number of esters is 1. The number of carbonyl (C=O) groups excluding carboxylic acids is 2. The number of ether oxygens (including phenoxy) is 3. The van der Waals surface area contributed by atoms with Crippen molar-refractivity contribution in [1.29, 1.82) is 0 Å². The molecule has 152 valence electrons. The Hall–Kier alpha value is -2.73. The zero-order chi connectivity index (χ0) is 20.2. The van der Waals surface area contributed by atoms with E-state index in [1.807, 2.05) is 30.3 Å². The zero-order valence-electron chi connectivity index (χ0n) is 15.9. The lowest BCUT2D eigenvalue weighted by Gasteiger charge is -2.20. The Morgan fingerprint density at radius 3 is 2.66 bits per heavy atom. The SMILES string of the molecule is O=C(COC(=O)Cc1cc(Cl)c2c(c1)OCCO2)NC(c1ccccc1)C1CC1. The van der Waals surface area contributed by atoms with Gasteiger partial charge in [0.15, 0.2) is 18.1 Å². The molecular weight excluding hydrogens is 394 g/mol. The van der Waals surface area contributed by atoms with Gasteiger partial charge < -0.3 is 19.5 Å². The monoisotopic (exact) mass is 415 g/mol. The summed E-state index contributed by atoms with van der Waals surface area (Å²) in [5.74, 6) is 0.632. The summed E-state index contributed by atoms with van der Waals surface area (Å²) < 4.78 is 16.1. The van der Waals surface area contributed by atoms with Gasteiger partial charge in [0.1, 0.15) is 13.2 Å². The van der Waals surface area contributed by atoms with E-state index < -0.39 is 5.97 Å². The van der Waals surface area contributed by atoms with Gasteiger partial charge in [-0.15, -0.1) is 0 Å². The van der Waals surface area contributed by atoms with Crippen molar-refractivity contribution in [2.45, 2.75) is 25.3 Å². The van der Waals surface area contributed by atoms with E-state index in [0.29, 0.717) is 41.2 Å². The lowest BCUT2D eigenvalue weighted by molar-refractivity contribution is -0.148. The molecule has 1 unspecified atom stereocenters. The molecule has 6 nitrogen and oxygen atoms in total. The van der Waals surface area contributed by atoms with Crippen molar-refractivity contribution in [3.8, 4) is 11.5 Å². The molecule has 7 heteroatoms. The van der Waals surface area contributed by atoms with E-state index in [1.54, 1.807) is 12.1 Å². The molecule has 1 fully saturated rings. The predicted molar refractivity (Wildman–Crippen MR) is 107 cm³/mol. The average molecular weight is 416 g/mol. The number of benzene rings is 2. The minimum absolute atomic E-state index is 0.00558. The third kappa shape index (κ3) is 5.01. The maximum Gasteiger partial charge on any atom is 0.310 e. The smallest absolute Gasteiger partial charge is 0.310 e. The van der Waals surface area contributed by atoms with Crippen LogP contribution in [-0.4, -0.2) is 31.7 Å². The molecule has 1 aliphatic carbocycles. The van der Waals surface area contributed by atoms with Crippen molar-refractivity contribution < 1.29 is 23.8 Å². The first-order valence-corrected chi connectivity index (χ1v) is 10.1. The first-order valence-electron chi connectivity index (χ1n) is 9.68. The lowest BCUT2D eigenvalue weighted by Crippen LogP contribution is -2.33. The fourth-order valence-corrected chi connectivity index (χ4v) is 3.70. The number of halogens is 1. The summed E-state index contributed by atoms with van der Waals surface area (Å²) in [6, 6.07) is 13.2. The highest BCUT2D eigenvalue weighted by molar-refractivity contribution is 6.32. The number of hydrogen-bond acceptors (Lipinski definition) is 5. The van der Waals surface area contributed by atoms with Crippen LogP contribution in [0.25, 0.3) is 0 Å². The third-order valence-corrected chi connectivity index (χ3v) is 5.22. The molecule has 1 heterocycles. The van der Waals surface area contributed by atoms with Gasteiger partial charge in [-0.2, -0.15) is 0 Å². The minimum Gasteiger partial charge on any atom is -0.486 e. The molecule has 2 aliphatic rings. The van der Waals surface area contributed by atoms with Crippen LogP contribution in [0.2, 0.25) is 5.02 Å². The second-order valence-electron chi connectivity index (χ2n) is 7.23. The number of hydrogen-bond donors (Lipinski definition) is 1. The molecule has 1 aliphatic heterocycles. The second-order valence-corrected chi connectivity index (χ2v) is 7.64. The van der Waals surface area contributed by atoms with Gasteiger partial charge in [0.25, 0.3) is 5.91 Å². The quantitative estimate of drug-likeness (QED) is 0.701. The van der Waals surface area contributed by atoms with Gasteiger partial charge in [0.2, 0.25) is 0 Å². The standard InChI is InChI=1S/C22H22ClNO5/c23-17-10-14(11-18-22(17)28-9-8-27-18)12-20(26)29-13-19(25)24-21(16-6-7-16)15-4-2-1-3-5-15/h1-5,10-11,16,21H,6-9,12-13H2,(H,24,25).